The van der Waals surface area contributed by atoms with E-state index in [1.807, 2.05) is 21.9 Å². The van der Waals surface area contributed by atoms with Crippen molar-refractivity contribution >= 4 is 12.2 Å². The Kier molecular flexibility index (Phi) is 4.88. The van der Waals surface area contributed by atoms with Gasteiger partial charge in [0.2, 0.25) is 0 Å². The van der Waals surface area contributed by atoms with Gasteiger partial charge in [-0.05, 0) is 73.6 Å². The Balaban J connectivity index is 1.40. The van der Waals surface area contributed by atoms with Gasteiger partial charge in [-0.1, -0.05) is 76.2 Å². The molecule has 2 heterocycles. The molecule has 2 aliphatic carbocycles. The third kappa shape index (κ3) is 2.89. The van der Waals surface area contributed by atoms with E-state index in [-0.39, 0.29) is 23.0 Å². The van der Waals surface area contributed by atoms with Crippen molar-refractivity contribution in [1.82, 2.24) is 9.80 Å². The summed E-state index contributed by atoms with van der Waals surface area (Å²) in [5.74, 6) is 0. The molecule has 0 aromatic heterocycles. The zero-order valence-corrected chi connectivity index (χ0v) is 24.0. The molecule has 202 valence electrons. The van der Waals surface area contributed by atoms with Crippen molar-refractivity contribution in [3.05, 3.63) is 70.8 Å². The van der Waals surface area contributed by atoms with Crippen molar-refractivity contribution < 1.29 is 19.1 Å². The van der Waals surface area contributed by atoms with Crippen LogP contribution in [-0.4, -0.2) is 46.3 Å². The van der Waals surface area contributed by atoms with Crippen molar-refractivity contribution in [1.29, 1.82) is 0 Å². The predicted octanol–water partition coefficient (Wildman–Crippen LogP) is 6.60. The molecule has 0 saturated carbocycles. The summed E-state index contributed by atoms with van der Waals surface area (Å²) in [5.41, 5.74) is 1.78. The fraction of sp³-hybridized carbons (Fsp3) is 0.562. The number of fused-ring (bicyclic) bond motifs is 6. The third-order valence-electron chi connectivity index (χ3n) is 10.7. The standard InChI is InChI=1S/C32H40N2O4/c1-27(2)19-29(5)31(7,23-15-11-9-13-21(23)27)33(25(35)37-29)17-18-34-26(36)38-30(6)20-28(3,4)22-14-10-12-16-24(22)32(30,34)8/h9-16H,17-20H2,1-8H3/t29-,30+,31-,32-/m0/s1. The first-order valence-corrected chi connectivity index (χ1v) is 13.8. The number of hydrogen-bond donors (Lipinski definition) is 0. The normalized spacial score (nSPS) is 36.1. The zero-order valence-electron chi connectivity index (χ0n) is 24.0. The Morgan fingerprint density at radius 2 is 0.895 bits per heavy atom. The van der Waals surface area contributed by atoms with E-state index in [2.05, 4.69) is 91.8 Å². The SMILES string of the molecule is CC1(C)C[C@@]2(C)OC(=O)N(CCN3C(=O)O[C@@]4(C)CC(C)(C)c5ccccc5[C@]34C)[C@@]2(C)c2ccccc21. The number of hydrogen-bond acceptors (Lipinski definition) is 4. The van der Waals surface area contributed by atoms with Crippen LogP contribution in [0.4, 0.5) is 9.59 Å². The Bertz CT molecular complexity index is 1260. The number of rotatable bonds is 3. The zero-order chi connectivity index (χ0) is 27.5. The first-order chi connectivity index (χ1) is 17.6. The second-order valence-corrected chi connectivity index (χ2v) is 13.9. The molecule has 0 N–H and O–H groups in total. The fourth-order valence-corrected chi connectivity index (χ4v) is 8.61. The molecule has 2 fully saturated rings. The summed E-state index contributed by atoms with van der Waals surface area (Å²) in [7, 11) is 0. The molecule has 0 spiro atoms. The van der Waals surface area contributed by atoms with Gasteiger partial charge < -0.3 is 9.47 Å². The first-order valence-electron chi connectivity index (χ1n) is 13.8. The summed E-state index contributed by atoms with van der Waals surface area (Å²) in [6, 6.07) is 16.8. The Labute approximate surface area is 226 Å². The molecule has 2 amide bonds. The second kappa shape index (κ2) is 7.34. The van der Waals surface area contributed by atoms with E-state index < -0.39 is 22.3 Å². The largest absolute Gasteiger partial charge is 0.440 e. The Morgan fingerprint density at radius 3 is 1.24 bits per heavy atom. The molecule has 2 aromatic rings. The first kappa shape index (κ1) is 25.3. The lowest BCUT2D eigenvalue weighted by atomic mass is 9.58. The average Bonchev–Trinajstić information content (AvgIpc) is 3.14. The molecular weight excluding hydrogens is 476 g/mol. The van der Waals surface area contributed by atoms with E-state index in [4.69, 9.17) is 9.47 Å². The van der Waals surface area contributed by atoms with Gasteiger partial charge in [0.1, 0.15) is 22.3 Å². The second-order valence-electron chi connectivity index (χ2n) is 13.9. The Morgan fingerprint density at radius 1 is 0.579 bits per heavy atom. The van der Waals surface area contributed by atoms with Crippen LogP contribution < -0.4 is 0 Å². The number of carbonyl (C=O) groups excluding carboxylic acids is 2. The number of ether oxygens (including phenoxy) is 2. The van der Waals surface area contributed by atoms with Crippen molar-refractivity contribution in [3.63, 3.8) is 0 Å². The van der Waals surface area contributed by atoms with Gasteiger partial charge in [0.15, 0.2) is 0 Å². The molecule has 2 aliphatic heterocycles. The minimum Gasteiger partial charge on any atom is -0.440 e. The summed E-state index contributed by atoms with van der Waals surface area (Å²) >= 11 is 0. The Hall–Kier alpha value is -3.02. The van der Waals surface area contributed by atoms with Crippen molar-refractivity contribution in [2.24, 2.45) is 0 Å². The van der Waals surface area contributed by atoms with Crippen LogP contribution in [0.1, 0.15) is 90.5 Å². The van der Waals surface area contributed by atoms with Gasteiger partial charge in [0, 0.05) is 13.1 Å². The molecule has 6 heteroatoms. The van der Waals surface area contributed by atoms with Gasteiger partial charge in [0.05, 0.1) is 0 Å². The van der Waals surface area contributed by atoms with E-state index in [0.717, 1.165) is 24.0 Å². The van der Waals surface area contributed by atoms with Gasteiger partial charge in [-0.3, -0.25) is 9.80 Å². The topological polar surface area (TPSA) is 59.1 Å². The van der Waals surface area contributed by atoms with Crippen LogP contribution in [0.15, 0.2) is 48.5 Å². The maximum atomic E-state index is 13.5. The van der Waals surface area contributed by atoms with Crippen LogP contribution >= 0.6 is 0 Å². The minimum absolute atomic E-state index is 0.131. The maximum absolute atomic E-state index is 13.5. The number of benzene rings is 2. The van der Waals surface area contributed by atoms with Gasteiger partial charge in [0.25, 0.3) is 0 Å². The lowest BCUT2D eigenvalue weighted by molar-refractivity contribution is -0.0368. The van der Waals surface area contributed by atoms with E-state index in [1.54, 1.807) is 0 Å². The van der Waals surface area contributed by atoms with Gasteiger partial charge in [-0.15, -0.1) is 0 Å². The third-order valence-corrected chi connectivity index (χ3v) is 10.7. The van der Waals surface area contributed by atoms with Gasteiger partial charge in [-0.25, -0.2) is 9.59 Å². The van der Waals surface area contributed by atoms with E-state index in [9.17, 15) is 9.59 Å². The molecule has 0 radical (unpaired) electrons. The fourth-order valence-electron chi connectivity index (χ4n) is 8.61. The molecule has 0 bridgehead atoms. The van der Waals surface area contributed by atoms with E-state index in [0.29, 0.717) is 13.1 Å². The molecule has 6 nitrogen and oxygen atoms in total. The van der Waals surface area contributed by atoms with Gasteiger partial charge in [-0.2, -0.15) is 0 Å². The van der Waals surface area contributed by atoms with Crippen LogP contribution in [0.2, 0.25) is 0 Å². The molecule has 6 rings (SSSR count). The lowest BCUT2D eigenvalue weighted by Gasteiger charge is -2.53. The van der Waals surface area contributed by atoms with Gasteiger partial charge >= 0.3 is 12.2 Å². The molecular formula is C32H40N2O4. The summed E-state index contributed by atoms with van der Waals surface area (Å²) in [4.78, 5) is 30.8. The molecule has 38 heavy (non-hydrogen) atoms. The van der Waals surface area contributed by atoms with Crippen LogP contribution in [0.3, 0.4) is 0 Å². The molecule has 2 aromatic carbocycles. The number of carbonyl (C=O) groups is 2. The average molecular weight is 517 g/mol. The van der Waals surface area contributed by atoms with Crippen LogP contribution in [0.25, 0.3) is 0 Å². The van der Waals surface area contributed by atoms with Crippen LogP contribution in [0, 0.1) is 0 Å². The van der Waals surface area contributed by atoms with Crippen LogP contribution in [-0.2, 0) is 31.4 Å². The minimum atomic E-state index is -0.687. The van der Waals surface area contributed by atoms with Crippen molar-refractivity contribution in [2.75, 3.05) is 13.1 Å². The molecule has 0 unspecified atom stereocenters. The quantitative estimate of drug-likeness (QED) is 0.461. The molecule has 4 atom stereocenters. The highest BCUT2D eigenvalue weighted by Crippen LogP contribution is 2.59. The summed E-state index contributed by atoms with van der Waals surface area (Å²) in [6.45, 7) is 18.0. The van der Waals surface area contributed by atoms with Crippen LogP contribution in [0.5, 0.6) is 0 Å². The highest BCUT2D eigenvalue weighted by Gasteiger charge is 2.68. The lowest BCUT2D eigenvalue weighted by Crippen LogP contribution is -2.61. The van der Waals surface area contributed by atoms with E-state index in [1.165, 1.54) is 11.1 Å². The summed E-state index contributed by atoms with van der Waals surface area (Å²) in [5, 5.41) is 0. The monoisotopic (exact) mass is 516 g/mol. The molecule has 4 aliphatic rings. The van der Waals surface area contributed by atoms with Crippen molar-refractivity contribution in [2.45, 2.75) is 101 Å². The predicted molar refractivity (Wildman–Crippen MR) is 146 cm³/mol. The number of amides is 2. The highest BCUT2D eigenvalue weighted by atomic mass is 16.6. The molecule has 2 saturated heterocycles. The maximum Gasteiger partial charge on any atom is 0.411 e. The van der Waals surface area contributed by atoms with Crippen molar-refractivity contribution in [3.8, 4) is 0 Å². The van der Waals surface area contributed by atoms with E-state index >= 15 is 0 Å². The highest BCUT2D eigenvalue weighted by molar-refractivity contribution is 5.76. The summed E-state index contributed by atoms with van der Waals surface area (Å²) < 4.78 is 12.4. The smallest absolute Gasteiger partial charge is 0.411 e. The summed E-state index contributed by atoms with van der Waals surface area (Å²) in [6.07, 6.45) is 0.792. The number of nitrogens with zero attached hydrogens (tertiary/aromatic N) is 2.